The number of aliphatic hydroxyl groups excluding tert-OH is 1. The molecule has 0 spiro atoms. The summed E-state index contributed by atoms with van der Waals surface area (Å²) in [6, 6.07) is 0. The highest BCUT2D eigenvalue weighted by molar-refractivity contribution is 5.58. The Labute approximate surface area is 78.2 Å². The molecule has 0 amide bonds. The van der Waals surface area contributed by atoms with Gasteiger partial charge in [-0.25, -0.2) is 0 Å². The van der Waals surface area contributed by atoms with Crippen molar-refractivity contribution < 1.29 is 9.90 Å². The van der Waals surface area contributed by atoms with Crippen molar-refractivity contribution in [1.29, 1.82) is 0 Å². The number of carbonyl (C=O) groups excluding carboxylic acids is 1. The largest absolute Gasteiger partial charge is 0.396 e. The summed E-state index contributed by atoms with van der Waals surface area (Å²) in [5.74, 6) is 0. The zero-order valence-electron chi connectivity index (χ0n) is 8.03. The Bertz CT molecular complexity index is 214. The second-order valence-electron chi connectivity index (χ2n) is 4.06. The van der Waals surface area contributed by atoms with Gasteiger partial charge in [0.1, 0.15) is 0 Å². The van der Waals surface area contributed by atoms with Gasteiger partial charge >= 0.3 is 0 Å². The van der Waals surface area contributed by atoms with Crippen molar-refractivity contribution in [2.24, 2.45) is 5.41 Å². The van der Waals surface area contributed by atoms with Crippen LogP contribution in [0.5, 0.6) is 0 Å². The Balaban J connectivity index is 2.53. The molecule has 4 nitrogen and oxygen atoms in total. The molecule has 0 aromatic rings. The molecule has 0 radical (unpaired) electrons. The summed E-state index contributed by atoms with van der Waals surface area (Å²) in [6.07, 6.45) is 4.15. The summed E-state index contributed by atoms with van der Waals surface area (Å²) >= 11 is 0. The van der Waals surface area contributed by atoms with Crippen LogP contribution in [0.25, 0.3) is 0 Å². The van der Waals surface area contributed by atoms with E-state index in [9.17, 15) is 4.79 Å². The van der Waals surface area contributed by atoms with Crippen LogP contribution in [-0.2, 0) is 4.79 Å². The molecule has 1 rings (SSSR count). The van der Waals surface area contributed by atoms with Crippen LogP contribution in [0.4, 0.5) is 0 Å². The van der Waals surface area contributed by atoms with Gasteiger partial charge in [-0.15, -0.1) is 0 Å². The molecule has 13 heavy (non-hydrogen) atoms. The van der Waals surface area contributed by atoms with Gasteiger partial charge in [-0.1, -0.05) is 13.8 Å². The van der Waals surface area contributed by atoms with E-state index in [4.69, 9.17) is 5.11 Å². The highest BCUT2D eigenvalue weighted by Gasteiger charge is 2.25. The van der Waals surface area contributed by atoms with Crippen LogP contribution in [0.3, 0.4) is 0 Å². The van der Waals surface area contributed by atoms with Crippen LogP contribution < -0.4 is 5.32 Å². The zero-order chi connectivity index (χ0) is 9.90. The first-order valence-electron chi connectivity index (χ1n) is 4.34. The molecule has 0 bridgehead atoms. The minimum absolute atomic E-state index is 0.114. The predicted octanol–water partition coefficient (Wildman–Crippen LogP) is -0.0937. The standard InChI is InChI=1S/C9H16N2O2/c1-9(2,7-13)6-11-4-3-10-8(11)5-12/h3-5,8,10,13H,6-7H2,1-2H3. The fraction of sp³-hybridized carbons (Fsp3) is 0.667. The number of rotatable bonds is 4. The normalized spacial score (nSPS) is 21.8. The first kappa shape index (κ1) is 10.1. The van der Waals surface area contributed by atoms with E-state index in [-0.39, 0.29) is 18.2 Å². The summed E-state index contributed by atoms with van der Waals surface area (Å²) in [5.41, 5.74) is -0.183. The molecule has 0 aromatic carbocycles. The van der Waals surface area contributed by atoms with E-state index in [0.717, 1.165) is 6.29 Å². The molecule has 0 fully saturated rings. The van der Waals surface area contributed by atoms with Crippen molar-refractivity contribution in [3.05, 3.63) is 12.4 Å². The Morgan fingerprint density at radius 3 is 2.92 bits per heavy atom. The summed E-state index contributed by atoms with van der Waals surface area (Å²) in [7, 11) is 0. The Morgan fingerprint density at radius 2 is 2.38 bits per heavy atom. The maximum Gasteiger partial charge on any atom is 0.162 e. The van der Waals surface area contributed by atoms with Crippen molar-refractivity contribution >= 4 is 6.29 Å². The van der Waals surface area contributed by atoms with Crippen LogP contribution in [0.15, 0.2) is 12.4 Å². The summed E-state index contributed by atoms with van der Waals surface area (Å²) in [5, 5.41) is 12.0. The Kier molecular flexibility index (Phi) is 2.93. The number of aliphatic hydroxyl groups is 1. The third-order valence-electron chi connectivity index (χ3n) is 2.06. The van der Waals surface area contributed by atoms with Gasteiger partial charge in [0.15, 0.2) is 12.5 Å². The van der Waals surface area contributed by atoms with Crippen LogP contribution >= 0.6 is 0 Å². The monoisotopic (exact) mass is 184 g/mol. The van der Waals surface area contributed by atoms with Gasteiger partial charge in [0.05, 0.1) is 0 Å². The molecule has 2 N–H and O–H groups in total. The molecule has 1 heterocycles. The van der Waals surface area contributed by atoms with Gasteiger partial charge in [0.2, 0.25) is 0 Å². The maximum absolute atomic E-state index is 10.6. The summed E-state index contributed by atoms with van der Waals surface area (Å²) in [4.78, 5) is 12.5. The minimum atomic E-state index is -0.272. The molecule has 0 aliphatic carbocycles. The molecular formula is C9H16N2O2. The molecule has 0 saturated carbocycles. The van der Waals surface area contributed by atoms with Gasteiger partial charge in [-0.3, -0.25) is 4.79 Å². The second kappa shape index (κ2) is 3.79. The molecule has 1 unspecified atom stereocenters. The van der Waals surface area contributed by atoms with E-state index in [0.29, 0.717) is 6.54 Å². The predicted molar refractivity (Wildman–Crippen MR) is 49.7 cm³/mol. The van der Waals surface area contributed by atoms with Crippen molar-refractivity contribution in [2.75, 3.05) is 13.2 Å². The quantitative estimate of drug-likeness (QED) is 0.599. The highest BCUT2D eigenvalue weighted by Crippen LogP contribution is 2.18. The van der Waals surface area contributed by atoms with Crippen LogP contribution in [-0.4, -0.2) is 35.6 Å². The van der Waals surface area contributed by atoms with Crippen molar-refractivity contribution in [1.82, 2.24) is 10.2 Å². The minimum Gasteiger partial charge on any atom is -0.396 e. The van der Waals surface area contributed by atoms with E-state index >= 15 is 0 Å². The lowest BCUT2D eigenvalue weighted by molar-refractivity contribution is -0.112. The third-order valence-corrected chi connectivity index (χ3v) is 2.06. The number of nitrogens with one attached hydrogen (secondary N) is 1. The Morgan fingerprint density at radius 1 is 1.69 bits per heavy atom. The molecule has 1 aliphatic rings. The molecular weight excluding hydrogens is 168 g/mol. The highest BCUT2D eigenvalue weighted by atomic mass is 16.3. The zero-order valence-corrected chi connectivity index (χ0v) is 8.03. The third kappa shape index (κ3) is 2.45. The number of hydrogen-bond donors (Lipinski definition) is 2. The number of hydrogen-bond acceptors (Lipinski definition) is 4. The molecule has 1 atom stereocenters. The van der Waals surface area contributed by atoms with E-state index in [1.54, 1.807) is 6.20 Å². The Hall–Kier alpha value is -1.03. The lowest BCUT2D eigenvalue weighted by atomic mass is 9.94. The first-order valence-corrected chi connectivity index (χ1v) is 4.34. The van der Waals surface area contributed by atoms with Crippen molar-refractivity contribution in [2.45, 2.75) is 20.0 Å². The first-order chi connectivity index (χ1) is 6.09. The number of carbonyl (C=O) groups is 1. The average Bonchev–Trinajstić information content (AvgIpc) is 2.51. The number of aldehydes is 1. The van der Waals surface area contributed by atoms with Gasteiger partial charge < -0.3 is 15.3 Å². The molecule has 0 aromatic heterocycles. The number of nitrogens with zero attached hydrogens (tertiary/aromatic N) is 1. The van der Waals surface area contributed by atoms with E-state index < -0.39 is 0 Å². The topological polar surface area (TPSA) is 52.6 Å². The smallest absolute Gasteiger partial charge is 0.162 e. The van der Waals surface area contributed by atoms with Gasteiger partial charge in [-0.05, 0) is 0 Å². The lowest BCUT2D eigenvalue weighted by Crippen LogP contribution is -2.42. The second-order valence-corrected chi connectivity index (χ2v) is 4.06. The molecule has 1 aliphatic heterocycles. The fourth-order valence-corrected chi connectivity index (χ4v) is 1.24. The van der Waals surface area contributed by atoms with Gasteiger partial charge in [0.25, 0.3) is 0 Å². The van der Waals surface area contributed by atoms with Gasteiger partial charge in [-0.2, -0.15) is 0 Å². The van der Waals surface area contributed by atoms with E-state index in [2.05, 4.69) is 5.32 Å². The van der Waals surface area contributed by atoms with Gasteiger partial charge in [0, 0.05) is 31.0 Å². The van der Waals surface area contributed by atoms with E-state index in [1.165, 1.54) is 0 Å². The van der Waals surface area contributed by atoms with Crippen LogP contribution in [0.2, 0.25) is 0 Å². The molecule has 4 heteroatoms. The molecule has 0 saturated heterocycles. The lowest BCUT2D eigenvalue weighted by Gasteiger charge is -2.30. The maximum atomic E-state index is 10.6. The fourth-order valence-electron chi connectivity index (χ4n) is 1.24. The molecule has 74 valence electrons. The van der Waals surface area contributed by atoms with Crippen molar-refractivity contribution in [3.63, 3.8) is 0 Å². The SMILES string of the molecule is CC(C)(CO)CN1C=CNC1C=O. The summed E-state index contributed by atoms with van der Waals surface area (Å²) < 4.78 is 0. The van der Waals surface area contributed by atoms with Crippen LogP contribution in [0.1, 0.15) is 13.8 Å². The van der Waals surface area contributed by atoms with E-state index in [1.807, 2.05) is 24.9 Å². The average molecular weight is 184 g/mol. The summed E-state index contributed by atoms with van der Waals surface area (Å²) in [6.45, 7) is 4.70. The van der Waals surface area contributed by atoms with Crippen LogP contribution in [0, 0.1) is 5.41 Å². The van der Waals surface area contributed by atoms with Crippen molar-refractivity contribution in [3.8, 4) is 0 Å².